The topological polar surface area (TPSA) is 122 Å². The van der Waals surface area contributed by atoms with Crippen molar-refractivity contribution in [2.24, 2.45) is 0 Å². The van der Waals surface area contributed by atoms with Crippen LogP contribution in [0, 0.1) is 10.1 Å². The Balaban J connectivity index is 1.60. The summed E-state index contributed by atoms with van der Waals surface area (Å²) in [5.74, 6) is -0.0589. The highest BCUT2D eigenvalue weighted by molar-refractivity contribution is 7.92. The van der Waals surface area contributed by atoms with Crippen molar-refractivity contribution < 1.29 is 22.9 Å². The normalized spacial score (nSPS) is 16.4. The zero-order chi connectivity index (χ0) is 24.0. The number of carbonyl (C=O) groups is 1. The van der Waals surface area contributed by atoms with Crippen molar-refractivity contribution in [1.82, 2.24) is 9.21 Å². The van der Waals surface area contributed by atoms with Gasteiger partial charge in [0.1, 0.15) is 5.75 Å². The number of hydrogen-bond donors (Lipinski definition) is 1. The molecule has 11 heteroatoms. The highest BCUT2D eigenvalue weighted by Crippen LogP contribution is 2.29. The molecule has 0 bridgehead atoms. The molecule has 1 saturated heterocycles. The number of non-ortho nitro benzene ring substituents is 1. The molecule has 1 aliphatic rings. The van der Waals surface area contributed by atoms with E-state index < -0.39 is 21.0 Å². The van der Waals surface area contributed by atoms with Gasteiger partial charge in [-0.15, -0.1) is 0 Å². The third-order valence-electron chi connectivity index (χ3n) is 5.44. The lowest BCUT2D eigenvalue weighted by molar-refractivity contribution is -0.384. The number of carbonyl (C=O) groups excluding carboxylic acids is 1. The lowest BCUT2D eigenvalue weighted by atomic mass is 10.2. The zero-order valence-corrected chi connectivity index (χ0v) is 19.2. The molecule has 0 saturated carbocycles. The summed E-state index contributed by atoms with van der Waals surface area (Å²) in [5, 5.41) is 14.9. The van der Waals surface area contributed by atoms with Crippen molar-refractivity contribution in [3.63, 3.8) is 0 Å². The summed E-state index contributed by atoms with van der Waals surface area (Å²) < 4.78 is 31.8. The van der Waals surface area contributed by atoms with E-state index >= 15 is 0 Å². The van der Waals surface area contributed by atoms with E-state index in [4.69, 9.17) is 4.74 Å². The van der Waals surface area contributed by atoms with Gasteiger partial charge in [0.25, 0.3) is 5.69 Å². The summed E-state index contributed by atoms with van der Waals surface area (Å²) in [4.78, 5) is 25.1. The molecule has 1 aliphatic heterocycles. The van der Waals surface area contributed by atoms with Gasteiger partial charge >= 0.3 is 0 Å². The molecule has 2 aromatic carbocycles. The first kappa shape index (κ1) is 24.4. The molecule has 1 unspecified atom stereocenters. The number of nitrogens with zero attached hydrogens (tertiary/aromatic N) is 3. The molecule has 1 fully saturated rings. The van der Waals surface area contributed by atoms with Crippen LogP contribution >= 0.6 is 0 Å². The second-order valence-electron chi connectivity index (χ2n) is 7.50. The Kier molecular flexibility index (Phi) is 7.79. The van der Waals surface area contributed by atoms with Crippen LogP contribution in [0.3, 0.4) is 0 Å². The maximum atomic E-state index is 12.8. The summed E-state index contributed by atoms with van der Waals surface area (Å²) in [6.45, 7) is 2.95. The number of methoxy groups -OCH3 is 1. The van der Waals surface area contributed by atoms with Crippen LogP contribution in [0.25, 0.3) is 6.08 Å². The minimum absolute atomic E-state index is 0.166. The van der Waals surface area contributed by atoms with E-state index in [1.165, 1.54) is 35.0 Å². The minimum Gasteiger partial charge on any atom is -0.495 e. The molecule has 2 aromatic rings. The molecule has 3 rings (SSSR count). The molecule has 10 nitrogen and oxygen atoms in total. The van der Waals surface area contributed by atoms with Gasteiger partial charge in [-0.25, -0.2) is 8.42 Å². The Morgan fingerprint density at radius 3 is 2.42 bits per heavy atom. The maximum absolute atomic E-state index is 12.8. The number of benzene rings is 2. The van der Waals surface area contributed by atoms with Gasteiger partial charge in [-0.05, 0) is 24.6 Å². The third-order valence-corrected chi connectivity index (χ3v) is 7.01. The average Bonchev–Trinajstić information content (AvgIpc) is 2.83. The standard InChI is InChI=1S/C22H26N4O6S/c1-17(22(27)23-20-16-19(26(28)29)8-9-21(20)32-2)24-11-13-25(14-12-24)33(30,31)15-10-18-6-4-3-5-7-18/h3-10,15-17H,11-14H2,1-2H3,(H,23,27). The predicted octanol–water partition coefficient (Wildman–Crippen LogP) is 2.55. The first-order valence-electron chi connectivity index (χ1n) is 10.3. The van der Waals surface area contributed by atoms with Crippen molar-refractivity contribution in [1.29, 1.82) is 0 Å². The van der Waals surface area contributed by atoms with Crippen molar-refractivity contribution in [2.45, 2.75) is 13.0 Å². The summed E-state index contributed by atoms with van der Waals surface area (Å²) in [7, 11) is -2.17. The van der Waals surface area contributed by atoms with Crippen molar-refractivity contribution in [3.8, 4) is 5.75 Å². The maximum Gasteiger partial charge on any atom is 0.271 e. The van der Waals surface area contributed by atoms with Crippen LogP contribution < -0.4 is 10.1 Å². The Morgan fingerprint density at radius 2 is 1.82 bits per heavy atom. The number of nitrogens with one attached hydrogen (secondary N) is 1. The molecule has 1 heterocycles. The molecule has 1 amide bonds. The highest BCUT2D eigenvalue weighted by atomic mass is 32.2. The summed E-state index contributed by atoms with van der Waals surface area (Å²) in [6.07, 6.45) is 1.56. The van der Waals surface area contributed by atoms with Crippen LogP contribution in [0.4, 0.5) is 11.4 Å². The fourth-order valence-electron chi connectivity index (χ4n) is 3.47. The fraction of sp³-hybridized carbons (Fsp3) is 0.318. The number of ether oxygens (including phenoxy) is 1. The van der Waals surface area contributed by atoms with Gasteiger partial charge in [-0.3, -0.25) is 19.8 Å². The number of sulfonamides is 1. The number of hydrogen-bond acceptors (Lipinski definition) is 7. The Morgan fingerprint density at radius 1 is 1.15 bits per heavy atom. The molecule has 33 heavy (non-hydrogen) atoms. The first-order valence-corrected chi connectivity index (χ1v) is 11.8. The Bertz CT molecular complexity index is 1130. The number of amides is 1. The average molecular weight is 475 g/mol. The predicted molar refractivity (Wildman–Crippen MR) is 125 cm³/mol. The van der Waals surface area contributed by atoms with E-state index in [2.05, 4.69) is 5.32 Å². The molecule has 0 aliphatic carbocycles. The van der Waals surface area contributed by atoms with Gasteiger partial charge in [-0.1, -0.05) is 30.3 Å². The molecule has 0 radical (unpaired) electrons. The van der Waals surface area contributed by atoms with Crippen LogP contribution in [0.1, 0.15) is 12.5 Å². The number of nitro benzene ring substituents is 1. The van der Waals surface area contributed by atoms with Crippen LogP contribution in [-0.4, -0.2) is 67.8 Å². The first-order chi connectivity index (χ1) is 15.7. The lowest BCUT2D eigenvalue weighted by Gasteiger charge is -2.36. The monoisotopic (exact) mass is 474 g/mol. The zero-order valence-electron chi connectivity index (χ0n) is 18.4. The Hall–Kier alpha value is -3.28. The van der Waals surface area contributed by atoms with Gasteiger partial charge < -0.3 is 10.1 Å². The van der Waals surface area contributed by atoms with Crippen LogP contribution in [0.2, 0.25) is 0 Å². The molecule has 0 aromatic heterocycles. The smallest absolute Gasteiger partial charge is 0.271 e. The van der Waals surface area contributed by atoms with Gasteiger partial charge in [-0.2, -0.15) is 4.31 Å². The number of rotatable bonds is 8. The van der Waals surface area contributed by atoms with Gasteiger partial charge in [0, 0.05) is 43.7 Å². The van der Waals surface area contributed by atoms with E-state index in [9.17, 15) is 23.3 Å². The minimum atomic E-state index is -3.58. The van der Waals surface area contributed by atoms with E-state index in [1.54, 1.807) is 13.0 Å². The largest absolute Gasteiger partial charge is 0.495 e. The molecule has 1 N–H and O–H groups in total. The van der Waals surface area contributed by atoms with Crippen molar-refractivity contribution >= 4 is 33.4 Å². The molecular formula is C22H26N4O6S. The van der Waals surface area contributed by atoms with E-state index in [-0.39, 0.29) is 30.4 Å². The fourth-order valence-corrected chi connectivity index (χ4v) is 4.64. The lowest BCUT2D eigenvalue weighted by Crippen LogP contribution is -2.53. The molecule has 1 atom stereocenters. The van der Waals surface area contributed by atoms with E-state index in [1.807, 2.05) is 35.2 Å². The second kappa shape index (κ2) is 10.6. The van der Waals surface area contributed by atoms with E-state index in [0.717, 1.165) is 5.56 Å². The number of anilines is 1. The van der Waals surface area contributed by atoms with Gasteiger partial charge in [0.05, 0.1) is 23.8 Å². The van der Waals surface area contributed by atoms with Crippen molar-refractivity contribution in [2.75, 3.05) is 38.6 Å². The van der Waals surface area contributed by atoms with Crippen LogP contribution in [0.15, 0.2) is 53.9 Å². The van der Waals surface area contributed by atoms with Crippen LogP contribution in [0.5, 0.6) is 5.75 Å². The van der Waals surface area contributed by atoms with Gasteiger partial charge in [0.15, 0.2) is 0 Å². The number of piperazine rings is 1. The molecular weight excluding hydrogens is 448 g/mol. The van der Waals surface area contributed by atoms with Crippen molar-refractivity contribution in [3.05, 3.63) is 69.6 Å². The quantitative estimate of drug-likeness (QED) is 0.461. The third kappa shape index (κ3) is 6.15. The number of nitro groups is 1. The van der Waals surface area contributed by atoms with Gasteiger partial charge in [0.2, 0.25) is 15.9 Å². The summed E-state index contributed by atoms with van der Waals surface area (Å²) >= 11 is 0. The Labute approximate surface area is 192 Å². The molecule has 176 valence electrons. The summed E-state index contributed by atoms with van der Waals surface area (Å²) in [6, 6.07) is 12.6. The molecule has 0 spiro atoms. The highest BCUT2D eigenvalue weighted by Gasteiger charge is 2.30. The SMILES string of the molecule is COc1ccc([N+](=O)[O-])cc1NC(=O)C(C)N1CCN(S(=O)(=O)C=Cc2ccccc2)CC1. The second-order valence-corrected chi connectivity index (χ2v) is 9.32. The van der Waals surface area contributed by atoms with Crippen LogP contribution in [-0.2, 0) is 14.8 Å². The summed E-state index contributed by atoms with van der Waals surface area (Å²) in [5.41, 5.74) is 0.832. The van der Waals surface area contributed by atoms with E-state index in [0.29, 0.717) is 18.8 Å².